The highest BCUT2D eigenvalue weighted by atomic mass is 16.5. The molecule has 1 fully saturated rings. The molecule has 0 unspecified atom stereocenters. The standard InChI is InChI=1S/C14H17NO5/c1-18-10-4-5-11(12(7-10)19-2)15-8-9(6-13(15)16)14(17)20-3/h4-5,7,9H,6,8H2,1-3H3/t9-/m1/s1. The van der Waals surface area contributed by atoms with Crippen molar-refractivity contribution >= 4 is 17.6 Å². The molecule has 0 N–H and O–H groups in total. The van der Waals surface area contributed by atoms with E-state index in [1.807, 2.05) is 0 Å². The molecular weight excluding hydrogens is 262 g/mol. The molecule has 1 aliphatic rings. The predicted octanol–water partition coefficient (Wildman–Crippen LogP) is 1.23. The zero-order valence-electron chi connectivity index (χ0n) is 11.7. The highest BCUT2D eigenvalue weighted by molar-refractivity contribution is 6.00. The Hall–Kier alpha value is -2.24. The van der Waals surface area contributed by atoms with Gasteiger partial charge in [0.2, 0.25) is 5.91 Å². The lowest BCUT2D eigenvalue weighted by Gasteiger charge is -2.19. The SMILES string of the molecule is COC(=O)[C@@H]1CC(=O)N(c2ccc(OC)cc2OC)C1. The van der Waals surface area contributed by atoms with Crippen LogP contribution in [0.15, 0.2) is 18.2 Å². The number of esters is 1. The van der Waals surface area contributed by atoms with Crippen molar-refractivity contribution < 1.29 is 23.8 Å². The van der Waals surface area contributed by atoms with Crippen LogP contribution in [0, 0.1) is 5.92 Å². The molecule has 6 heteroatoms. The summed E-state index contributed by atoms with van der Waals surface area (Å²) in [5.41, 5.74) is 0.629. The number of hydrogen-bond donors (Lipinski definition) is 0. The Balaban J connectivity index is 2.28. The molecule has 1 aromatic rings. The van der Waals surface area contributed by atoms with Crippen molar-refractivity contribution in [2.45, 2.75) is 6.42 Å². The van der Waals surface area contributed by atoms with Crippen LogP contribution < -0.4 is 14.4 Å². The van der Waals surface area contributed by atoms with Crippen molar-refractivity contribution in [3.63, 3.8) is 0 Å². The van der Waals surface area contributed by atoms with Gasteiger partial charge in [0, 0.05) is 19.0 Å². The largest absolute Gasteiger partial charge is 0.497 e. The van der Waals surface area contributed by atoms with Crippen molar-refractivity contribution in [2.24, 2.45) is 5.92 Å². The Morgan fingerprint density at radius 2 is 2.00 bits per heavy atom. The van der Waals surface area contributed by atoms with E-state index in [-0.39, 0.29) is 18.3 Å². The monoisotopic (exact) mass is 279 g/mol. The minimum atomic E-state index is -0.431. The normalized spacial score (nSPS) is 18.1. The van der Waals surface area contributed by atoms with Crippen LogP contribution in [-0.2, 0) is 14.3 Å². The molecule has 0 saturated carbocycles. The first kappa shape index (κ1) is 14.2. The summed E-state index contributed by atoms with van der Waals surface area (Å²) in [5.74, 6) is 0.251. The fourth-order valence-corrected chi connectivity index (χ4v) is 2.27. The highest BCUT2D eigenvalue weighted by Gasteiger charge is 2.36. The van der Waals surface area contributed by atoms with E-state index in [2.05, 4.69) is 0 Å². The van der Waals surface area contributed by atoms with E-state index in [9.17, 15) is 9.59 Å². The molecule has 2 rings (SSSR count). The molecule has 0 aliphatic carbocycles. The Morgan fingerprint density at radius 1 is 1.25 bits per heavy atom. The molecular formula is C14H17NO5. The summed E-state index contributed by atoms with van der Waals surface area (Å²) in [7, 11) is 4.41. The number of carbonyl (C=O) groups excluding carboxylic acids is 2. The van der Waals surface area contributed by atoms with E-state index in [1.54, 1.807) is 30.2 Å². The minimum absolute atomic E-state index is 0.121. The highest BCUT2D eigenvalue weighted by Crippen LogP contribution is 2.35. The average molecular weight is 279 g/mol. The molecule has 108 valence electrons. The topological polar surface area (TPSA) is 65.1 Å². The fraction of sp³-hybridized carbons (Fsp3) is 0.429. The second-order valence-corrected chi connectivity index (χ2v) is 4.47. The van der Waals surface area contributed by atoms with Gasteiger partial charge in [-0.15, -0.1) is 0 Å². The summed E-state index contributed by atoms with van der Waals surface area (Å²) in [6, 6.07) is 5.19. The quantitative estimate of drug-likeness (QED) is 0.776. The number of benzene rings is 1. The number of hydrogen-bond acceptors (Lipinski definition) is 5. The van der Waals surface area contributed by atoms with Crippen LogP contribution in [0.2, 0.25) is 0 Å². The minimum Gasteiger partial charge on any atom is -0.497 e. The van der Waals surface area contributed by atoms with Gasteiger partial charge in [-0.1, -0.05) is 0 Å². The van der Waals surface area contributed by atoms with Crippen molar-refractivity contribution in [3.05, 3.63) is 18.2 Å². The third-order valence-electron chi connectivity index (χ3n) is 3.34. The first-order chi connectivity index (χ1) is 9.60. The van der Waals surface area contributed by atoms with Crippen molar-refractivity contribution in [1.82, 2.24) is 0 Å². The molecule has 0 spiro atoms. The summed E-state index contributed by atoms with van der Waals surface area (Å²) in [6.45, 7) is 0.300. The molecule has 1 amide bonds. The van der Waals surface area contributed by atoms with Crippen LogP contribution in [0.25, 0.3) is 0 Å². The van der Waals surface area contributed by atoms with Crippen molar-refractivity contribution in [1.29, 1.82) is 0 Å². The third kappa shape index (κ3) is 2.54. The number of amides is 1. The third-order valence-corrected chi connectivity index (χ3v) is 3.34. The maximum atomic E-state index is 12.1. The zero-order chi connectivity index (χ0) is 14.7. The van der Waals surface area contributed by atoms with E-state index in [0.29, 0.717) is 23.7 Å². The van der Waals surface area contributed by atoms with Gasteiger partial charge in [0.25, 0.3) is 0 Å². The van der Waals surface area contributed by atoms with E-state index >= 15 is 0 Å². The van der Waals surface area contributed by atoms with Crippen LogP contribution in [0.3, 0.4) is 0 Å². The molecule has 0 radical (unpaired) electrons. The lowest BCUT2D eigenvalue weighted by Crippen LogP contribution is -2.26. The first-order valence-electron chi connectivity index (χ1n) is 6.21. The maximum absolute atomic E-state index is 12.1. The van der Waals surface area contributed by atoms with Gasteiger partial charge in [-0.3, -0.25) is 9.59 Å². The predicted molar refractivity (Wildman–Crippen MR) is 72.0 cm³/mol. The van der Waals surface area contributed by atoms with Crippen LogP contribution >= 0.6 is 0 Å². The Morgan fingerprint density at radius 3 is 2.60 bits per heavy atom. The summed E-state index contributed by atoms with van der Waals surface area (Å²) < 4.78 is 15.1. The number of methoxy groups -OCH3 is 3. The lowest BCUT2D eigenvalue weighted by atomic mass is 10.1. The van der Waals surface area contributed by atoms with Crippen LogP contribution in [0.5, 0.6) is 11.5 Å². The Bertz CT molecular complexity index is 528. The van der Waals surface area contributed by atoms with Gasteiger partial charge in [-0.2, -0.15) is 0 Å². The summed E-state index contributed by atoms with van der Waals surface area (Å²) >= 11 is 0. The van der Waals surface area contributed by atoms with Gasteiger partial charge in [-0.25, -0.2) is 0 Å². The molecule has 1 atom stereocenters. The van der Waals surface area contributed by atoms with Gasteiger partial charge in [-0.05, 0) is 12.1 Å². The summed E-state index contributed by atoms with van der Waals surface area (Å²) in [5, 5.41) is 0. The smallest absolute Gasteiger partial charge is 0.311 e. The van der Waals surface area contributed by atoms with Crippen molar-refractivity contribution in [2.75, 3.05) is 32.8 Å². The molecule has 1 aromatic carbocycles. The summed E-state index contributed by atoms with van der Waals surface area (Å²) in [6.07, 6.45) is 0.155. The number of nitrogens with zero attached hydrogens (tertiary/aromatic N) is 1. The summed E-state index contributed by atoms with van der Waals surface area (Å²) in [4.78, 5) is 25.1. The molecule has 0 bridgehead atoms. The zero-order valence-corrected chi connectivity index (χ0v) is 11.7. The average Bonchev–Trinajstić information content (AvgIpc) is 2.87. The van der Waals surface area contributed by atoms with Gasteiger partial charge < -0.3 is 19.1 Å². The number of carbonyl (C=O) groups is 2. The van der Waals surface area contributed by atoms with E-state index in [1.165, 1.54) is 14.2 Å². The molecule has 0 aromatic heterocycles. The number of ether oxygens (including phenoxy) is 3. The van der Waals surface area contributed by atoms with E-state index < -0.39 is 5.92 Å². The number of anilines is 1. The molecule has 1 saturated heterocycles. The van der Waals surface area contributed by atoms with E-state index in [4.69, 9.17) is 14.2 Å². The van der Waals surface area contributed by atoms with Crippen molar-refractivity contribution in [3.8, 4) is 11.5 Å². The fourth-order valence-electron chi connectivity index (χ4n) is 2.27. The van der Waals surface area contributed by atoms with Crippen LogP contribution in [0.4, 0.5) is 5.69 Å². The Labute approximate surface area is 117 Å². The number of rotatable bonds is 4. The molecule has 1 heterocycles. The second-order valence-electron chi connectivity index (χ2n) is 4.47. The van der Waals surface area contributed by atoms with Gasteiger partial charge >= 0.3 is 5.97 Å². The van der Waals surface area contributed by atoms with Crippen LogP contribution in [-0.4, -0.2) is 39.8 Å². The van der Waals surface area contributed by atoms with Gasteiger partial charge in [0.1, 0.15) is 11.5 Å². The molecule has 6 nitrogen and oxygen atoms in total. The molecule has 1 aliphatic heterocycles. The Kier molecular flexibility index (Phi) is 4.12. The van der Waals surface area contributed by atoms with Crippen LogP contribution in [0.1, 0.15) is 6.42 Å². The van der Waals surface area contributed by atoms with Gasteiger partial charge in [0.05, 0.1) is 32.9 Å². The van der Waals surface area contributed by atoms with Gasteiger partial charge in [0.15, 0.2) is 0 Å². The first-order valence-corrected chi connectivity index (χ1v) is 6.21. The lowest BCUT2D eigenvalue weighted by molar-refractivity contribution is -0.145. The van der Waals surface area contributed by atoms with E-state index in [0.717, 1.165) is 0 Å². The maximum Gasteiger partial charge on any atom is 0.311 e. The second kappa shape index (κ2) is 5.81. The molecule has 20 heavy (non-hydrogen) atoms.